The first-order valence-corrected chi connectivity index (χ1v) is 6.35. The minimum Gasteiger partial charge on any atom is -0.458 e. The number of amides is 1. The quantitative estimate of drug-likeness (QED) is 0.849. The molecule has 1 aliphatic carbocycles. The molecule has 0 radical (unpaired) electrons. The number of benzene rings is 1. The maximum Gasteiger partial charge on any atom is 0.303 e. The topological polar surface area (TPSA) is 55.4 Å². The highest BCUT2D eigenvalue weighted by Gasteiger charge is 2.30. The van der Waals surface area contributed by atoms with Crippen molar-refractivity contribution < 1.29 is 23.1 Å². The van der Waals surface area contributed by atoms with Gasteiger partial charge in [-0.2, -0.15) is 0 Å². The summed E-state index contributed by atoms with van der Waals surface area (Å²) < 4.78 is 32.7. The molecule has 1 atom stereocenters. The first-order valence-electron chi connectivity index (χ1n) is 6.35. The Kier molecular flexibility index (Phi) is 4.01. The van der Waals surface area contributed by atoms with E-state index in [4.69, 9.17) is 4.74 Å². The van der Waals surface area contributed by atoms with E-state index in [1.165, 1.54) is 13.8 Å². The molecule has 6 heteroatoms. The van der Waals surface area contributed by atoms with Crippen LogP contribution in [0, 0.1) is 11.6 Å². The highest BCUT2D eigenvalue weighted by atomic mass is 19.2. The molecule has 0 aliphatic heterocycles. The van der Waals surface area contributed by atoms with E-state index in [1.807, 2.05) is 0 Å². The largest absolute Gasteiger partial charge is 0.458 e. The van der Waals surface area contributed by atoms with Gasteiger partial charge in [-0.1, -0.05) is 0 Å². The zero-order valence-electron chi connectivity index (χ0n) is 11.3. The fourth-order valence-electron chi connectivity index (χ4n) is 2.52. The Morgan fingerprint density at radius 2 is 2.05 bits per heavy atom. The van der Waals surface area contributed by atoms with E-state index in [9.17, 15) is 18.4 Å². The van der Waals surface area contributed by atoms with E-state index in [-0.39, 0.29) is 17.2 Å². The highest BCUT2D eigenvalue weighted by Crippen LogP contribution is 2.39. The Morgan fingerprint density at radius 3 is 2.65 bits per heavy atom. The first kappa shape index (κ1) is 14.4. The average Bonchev–Trinajstić information content (AvgIpc) is 2.34. The number of carbonyl (C=O) groups excluding carboxylic acids is 2. The van der Waals surface area contributed by atoms with Crippen LogP contribution in [0.4, 0.5) is 14.5 Å². The molecule has 0 heterocycles. The Balaban J connectivity index is 2.53. The second-order valence-corrected chi connectivity index (χ2v) is 4.78. The van der Waals surface area contributed by atoms with E-state index in [0.29, 0.717) is 24.8 Å². The molecule has 1 N–H and O–H groups in total. The van der Waals surface area contributed by atoms with Crippen LogP contribution in [-0.4, -0.2) is 11.9 Å². The molecule has 1 amide bonds. The third kappa shape index (κ3) is 2.79. The second kappa shape index (κ2) is 5.56. The number of halogens is 2. The summed E-state index contributed by atoms with van der Waals surface area (Å²) in [6.07, 6.45) is 0.800. The summed E-state index contributed by atoms with van der Waals surface area (Å²) >= 11 is 0. The fraction of sp³-hybridized carbons (Fsp3) is 0.429. The molecule has 1 aliphatic rings. The van der Waals surface area contributed by atoms with E-state index in [0.717, 1.165) is 6.07 Å². The molecule has 0 bridgehead atoms. The predicted octanol–water partition coefficient (Wildman–Crippen LogP) is 2.86. The first-order chi connectivity index (χ1) is 9.40. The summed E-state index contributed by atoms with van der Waals surface area (Å²) in [5, 5.41) is 2.49. The van der Waals surface area contributed by atoms with E-state index in [2.05, 4.69) is 5.32 Å². The van der Waals surface area contributed by atoms with Crippen molar-refractivity contribution in [2.75, 3.05) is 5.32 Å². The minimum atomic E-state index is -1.06. The van der Waals surface area contributed by atoms with Gasteiger partial charge in [0.15, 0.2) is 11.6 Å². The van der Waals surface area contributed by atoms with Gasteiger partial charge in [0.05, 0.1) is 0 Å². The summed E-state index contributed by atoms with van der Waals surface area (Å²) in [7, 11) is 0. The third-order valence-corrected chi connectivity index (χ3v) is 3.20. The van der Waals surface area contributed by atoms with Gasteiger partial charge in [0.2, 0.25) is 5.91 Å². The normalized spacial score (nSPS) is 17.3. The van der Waals surface area contributed by atoms with Crippen molar-refractivity contribution in [2.45, 2.75) is 39.2 Å². The van der Waals surface area contributed by atoms with Crippen LogP contribution < -0.4 is 5.32 Å². The smallest absolute Gasteiger partial charge is 0.303 e. The van der Waals surface area contributed by atoms with E-state index < -0.39 is 23.7 Å². The van der Waals surface area contributed by atoms with Gasteiger partial charge in [0, 0.05) is 31.2 Å². The van der Waals surface area contributed by atoms with Gasteiger partial charge in [-0.25, -0.2) is 8.78 Å². The van der Waals surface area contributed by atoms with Gasteiger partial charge < -0.3 is 10.1 Å². The molecule has 1 aromatic rings. The number of fused-ring (bicyclic) bond motifs is 1. The molecule has 0 aromatic heterocycles. The number of nitrogens with one attached hydrogen (secondary N) is 1. The summed E-state index contributed by atoms with van der Waals surface area (Å²) in [6.45, 7) is 2.51. The Hall–Kier alpha value is -1.98. The molecule has 20 heavy (non-hydrogen) atoms. The summed E-state index contributed by atoms with van der Waals surface area (Å²) in [5.74, 6) is -2.99. The molecule has 108 valence electrons. The number of esters is 1. The lowest BCUT2D eigenvalue weighted by Gasteiger charge is -2.27. The summed E-state index contributed by atoms with van der Waals surface area (Å²) in [5.41, 5.74) is 0.773. The van der Waals surface area contributed by atoms with Crippen molar-refractivity contribution in [1.29, 1.82) is 0 Å². The van der Waals surface area contributed by atoms with E-state index >= 15 is 0 Å². The molecular weight excluding hydrogens is 268 g/mol. The lowest BCUT2D eigenvalue weighted by Crippen LogP contribution is -2.20. The highest BCUT2D eigenvalue weighted by molar-refractivity contribution is 5.90. The van der Waals surface area contributed by atoms with Crippen molar-refractivity contribution in [3.63, 3.8) is 0 Å². The predicted molar refractivity (Wildman–Crippen MR) is 68.1 cm³/mol. The van der Waals surface area contributed by atoms with Crippen molar-refractivity contribution in [3.8, 4) is 0 Å². The van der Waals surface area contributed by atoms with E-state index in [1.54, 1.807) is 0 Å². The summed E-state index contributed by atoms with van der Waals surface area (Å²) in [6, 6.07) is 0.964. The van der Waals surface area contributed by atoms with Gasteiger partial charge >= 0.3 is 5.97 Å². The zero-order chi connectivity index (χ0) is 14.9. The average molecular weight is 283 g/mol. The van der Waals surface area contributed by atoms with Crippen LogP contribution in [0.2, 0.25) is 0 Å². The van der Waals surface area contributed by atoms with Crippen LogP contribution in [0.1, 0.15) is 43.9 Å². The van der Waals surface area contributed by atoms with Crippen LogP contribution in [0.25, 0.3) is 0 Å². The minimum absolute atomic E-state index is 0.0372. The van der Waals surface area contributed by atoms with Crippen LogP contribution >= 0.6 is 0 Å². The number of rotatable bonds is 2. The number of carbonyl (C=O) groups is 2. The molecule has 1 aromatic carbocycles. The molecule has 1 unspecified atom stereocenters. The van der Waals surface area contributed by atoms with Crippen molar-refractivity contribution in [2.24, 2.45) is 0 Å². The monoisotopic (exact) mass is 283 g/mol. The van der Waals surface area contributed by atoms with Crippen molar-refractivity contribution >= 4 is 17.6 Å². The Bertz CT molecular complexity index is 572. The lowest BCUT2D eigenvalue weighted by atomic mass is 9.87. The molecule has 0 fully saturated rings. The van der Waals surface area contributed by atoms with Crippen LogP contribution in [0.5, 0.6) is 0 Å². The standard InChI is InChI=1S/C14H15F2NO3/c1-7(18)17-11-6-10(15)14(16)13-9(11)4-3-5-12(13)20-8(2)19/h6,12H,3-5H2,1-2H3,(H,17,18). The molecule has 0 saturated heterocycles. The van der Waals surface area contributed by atoms with Crippen LogP contribution in [-0.2, 0) is 20.7 Å². The number of hydrogen-bond acceptors (Lipinski definition) is 3. The van der Waals surface area contributed by atoms with Gasteiger partial charge in [0.25, 0.3) is 0 Å². The molecule has 2 rings (SSSR count). The second-order valence-electron chi connectivity index (χ2n) is 4.78. The maximum absolute atomic E-state index is 14.0. The third-order valence-electron chi connectivity index (χ3n) is 3.20. The lowest BCUT2D eigenvalue weighted by molar-refractivity contribution is -0.147. The molecule has 0 saturated carbocycles. The summed E-state index contributed by atoms with van der Waals surface area (Å²) in [4.78, 5) is 22.2. The molecule has 0 spiro atoms. The van der Waals surface area contributed by atoms with Gasteiger partial charge in [-0.15, -0.1) is 0 Å². The van der Waals surface area contributed by atoms with Gasteiger partial charge in [-0.05, 0) is 24.8 Å². The Labute approximate surface area is 115 Å². The SMILES string of the molecule is CC(=O)Nc1cc(F)c(F)c2c1CCCC2OC(C)=O. The Morgan fingerprint density at radius 1 is 1.35 bits per heavy atom. The zero-order valence-corrected chi connectivity index (χ0v) is 11.3. The number of ether oxygens (including phenoxy) is 1. The van der Waals surface area contributed by atoms with Gasteiger partial charge in [-0.3, -0.25) is 9.59 Å². The van der Waals surface area contributed by atoms with Crippen LogP contribution in [0.3, 0.4) is 0 Å². The molecular formula is C14H15F2NO3. The maximum atomic E-state index is 14.0. The van der Waals surface area contributed by atoms with Crippen LogP contribution in [0.15, 0.2) is 6.07 Å². The van der Waals surface area contributed by atoms with Gasteiger partial charge in [0.1, 0.15) is 6.10 Å². The number of anilines is 1. The fourth-order valence-corrected chi connectivity index (χ4v) is 2.52. The number of hydrogen-bond donors (Lipinski definition) is 1. The van der Waals surface area contributed by atoms with Crippen molar-refractivity contribution in [1.82, 2.24) is 0 Å². The van der Waals surface area contributed by atoms with Crippen molar-refractivity contribution in [3.05, 3.63) is 28.8 Å². The molecule has 4 nitrogen and oxygen atoms in total.